The van der Waals surface area contributed by atoms with E-state index in [1.807, 2.05) is 67.6 Å². The van der Waals surface area contributed by atoms with Crippen LogP contribution in [0.2, 0.25) is 0 Å². The molecule has 9 rings (SSSR count). The molecule has 0 aliphatic rings. The minimum Gasteiger partial charge on any atom is -0.453 e. The molecule has 9 aromatic rings. The van der Waals surface area contributed by atoms with E-state index in [9.17, 15) is 0 Å². The number of benzene rings is 7. The summed E-state index contributed by atoms with van der Waals surface area (Å²) in [6.07, 6.45) is 0. The van der Waals surface area contributed by atoms with Crippen molar-refractivity contribution < 1.29 is 4.74 Å². The second-order valence-electron chi connectivity index (χ2n) is 12.6. The van der Waals surface area contributed by atoms with Crippen LogP contribution in [-0.4, -0.2) is 14.5 Å². The highest BCUT2D eigenvalue weighted by Crippen LogP contribution is 2.40. The molecule has 0 N–H and O–H groups in total. The fourth-order valence-electron chi connectivity index (χ4n) is 7.01. The standard InChI is InChI=1S/C47H33N3O/c1-32-46(45(34-15-5-2-6-16-34)49-47(48-32)35-17-7-3-8-18-35)51-39-29-27-33(28-30-39)36-19-13-20-37(31-36)40-24-14-26-43-44(40)41-23-11-12-25-42(41)50(43)38-21-9-4-10-22-38/h2-31H,1H3. The van der Waals surface area contributed by atoms with E-state index in [1.165, 1.54) is 32.9 Å². The molecule has 0 fully saturated rings. The number of fused-ring (bicyclic) bond motifs is 3. The largest absolute Gasteiger partial charge is 0.453 e. The zero-order valence-electron chi connectivity index (χ0n) is 28.1. The molecule has 0 saturated carbocycles. The SMILES string of the molecule is Cc1nc(-c2ccccc2)nc(-c2ccccc2)c1Oc1ccc(-c2cccc(-c3cccc4c3c3ccccc3n4-c3ccccc3)c2)cc1. The van der Waals surface area contributed by atoms with Crippen LogP contribution in [0.1, 0.15) is 5.69 Å². The van der Waals surface area contributed by atoms with Crippen LogP contribution in [0.15, 0.2) is 182 Å². The number of hydrogen-bond donors (Lipinski definition) is 0. The summed E-state index contributed by atoms with van der Waals surface area (Å²) in [6.45, 7) is 1.98. The fraction of sp³-hybridized carbons (Fsp3) is 0.0213. The second kappa shape index (κ2) is 12.9. The van der Waals surface area contributed by atoms with Crippen molar-refractivity contribution in [1.29, 1.82) is 0 Å². The van der Waals surface area contributed by atoms with E-state index in [0.29, 0.717) is 11.6 Å². The third-order valence-corrected chi connectivity index (χ3v) is 9.41. The summed E-state index contributed by atoms with van der Waals surface area (Å²) in [7, 11) is 0. The number of nitrogens with zero attached hydrogens (tertiary/aromatic N) is 3. The van der Waals surface area contributed by atoms with E-state index in [4.69, 9.17) is 14.7 Å². The molecular formula is C47H33N3O. The summed E-state index contributed by atoms with van der Waals surface area (Å²) >= 11 is 0. The first-order valence-corrected chi connectivity index (χ1v) is 17.2. The highest BCUT2D eigenvalue weighted by molar-refractivity contribution is 6.15. The molecule has 0 atom stereocenters. The van der Waals surface area contributed by atoms with E-state index >= 15 is 0 Å². The van der Waals surface area contributed by atoms with Crippen molar-refractivity contribution in [2.24, 2.45) is 0 Å². The molecule has 0 unspecified atom stereocenters. The summed E-state index contributed by atoms with van der Waals surface area (Å²) in [5.41, 5.74) is 11.7. The Hall–Kier alpha value is -6.78. The van der Waals surface area contributed by atoms with Gasteiger partial charge in [0.2, 0.25) is 0 Å². The Labute approximate surface area is 296 Å². The molecule has 0 saturated heterocycles. The first kappa shape index (κ1) is 30.3. The minimum absolute atomic E-state index is 0.651. The Bertz CT molecular complexity index is 2650. The highest BCUT2D eigenvalue weighted by atomic mass is 16.5. The van der Waals surface area contributed by atoms with Gasteiger partial charge in [-0.05, 0) is 71.6 Å². The summed E-state index contributed by atoms with van der Waals surface area (Å²) in [5.74, 6) is 2.05. The second-order valence-corrected chi connectivity index (χ2v) is 12.6. The van der Waals surface area contributed by atoms with Crippen molar-refractivity contribution in [2.45, 2.75) is 6.92 Å². The molecule has 0 aliphatic heterocycles. The van der Waals surface area contributed by atoms with Gasteiger partial charge >= 0.3 is 0 Å². The number of ether oxygens (including phenoxy) is 1. The Morgan fingerprint density at radius 3 is 1.84 bits per heavy atom. The van der Waals surface area contributed by atoms with E-state index in [2.05, 4.69) is 126 Å². The number of para-hydroxylation sites is 2. The number of aryl methyl sites for hydroxylation is 1. The van der Waals surface area contributed by atoms with Crippen LogP contribution in [0.5, 0.6) is 11.5 Å². The lowest BCUT2D eigenvalue weighted by molar-refractivity contribution is 0.475. The molecule has 242 valence electrons. The van der Waals surface area contributed by atoms with Gasteiger partial charge in [0.1, 0.15) is 11.4 Å². The zero-order chi connectivity index (χ0) is 34.1. The Morgan fingerprint density at radius 2 is 1.08 bits per heavy atom. The molecule has 0 amide bonds. The van der Waals surface area contributed by atoms with Crippen LogP contribution < -0.4 is 4.74 Å². The third-order valence-electron chi connectivity index (χ3n) is 9.41. The molecule has 0 bridgehead atoms. The van der Waals surface area contributed by atoms with Crippen molar-refractivity contribution in [1.82, 2.24) is 14.5 Å². The maximum Gasteiger partial charge on any atom is 0.174 e. The van der Waals surface area contributed by atoms with Gasteiger partial charge in [-0.25, -0.2) is 9.97 Å². The molecular weight excluding hydrogens is 623 g/mol. The normalized spacial score (nSPS) is 11.2. The first-order valence-electron chi connectivity index (χ1n) is 17.2. The maximum atomic E-state index is 6.57. The Balaban J connectivity index is 1.07. The monoisotopic (exact) mass is 655 g/mol. The maximum absolute atomic E-state index is 6.57. The third kappa shape index (κ3) is 5.63. The lowest BCUT2D eigenvalue weighted by Crippen LogP contribution is -2.00. The van der Waals surface area contributed by atoms with Crippen molar-refractivity contribution in [3.05, 3.63) is 188 Å². The molecule has 7 aromatic carbocycles. The highest BCUT2D eigenvalue weighted by Gasteiger charge is 2.18. The molecule has 51 heavy (non-hydrogen) atoms. The predicted molar refractivity (Wildman–Crippen MR) is 209 cm³/mol. The topological polar surface area (TPSA) is 39.9 Å². The van der Waals surface area contributed by atoms with Crippen LogP contribution in [-0.2, 0) is 0 Å². The van der Waals surface area contributed by atoms with E-state index in [-0.39, 0.29) is 0 Å². The first-order chi connectivity index (χ1) is 25.2. The van der Waals surface area contributed by atoms with Gasteiger partial charge in [-0.2, -0.15) is 0 Å². The van der Waals surface area contributed by atoms with Crippen molar-refractivity contribution >= 4 is 21.8 Å². The van der Waals surface area contributed by atoms with Crippen molar-refractivity contribution in [3.8, 4) is 62.1 Å². The zero-order valence-corrected chi connectivity index (χ0v) is 28.1. The van der Waals surface area contributed by atoms with Crippen LogP contribution in [0, 0.1) is 6.92 Å². The lowest BCUT2D eigenvalue weighted by atomic mass is 9.96. The van der Waals surface area contributed by atoms with Crippen LogP contribution in [0.3, 0.4) is 0 Å². The molecule has 2 heterocycles. The minimum atomic E-state index is 0.651. The van der Waals surface area contributed by atoms with Gasteiger partial charge in [-0.15, -0.1) is 0 Å². The molecule has 4 nitrogen and oxygen atoms in total. The number of hydrogen-bond acceptors (Lipinski definition) is 3. The van der Waals surface area contributed by atoms with Gasteiger partial charge in [0.05, 0.1) is 16.7 Å². The summed E-state index contributed by atoms with van der Waals surface area (Å²) < 4.78 is 8.93. The fourth-order valence-corrected chi connectivity index (χ4v) is 7.01. The van der Waals surface area contributed by atoms with Gasteiger partial charge in [-0.1, -0.05) is 140 Å². The van der Waals surface area contributed by atoms with Crippen LogP contribution >= 0.6 is 0 Å². The molecule has 0 aliphatic carbocycles. The molecule has 2 aromatic heterocycles. The number of aromatic nitrogens is 3. The lowest BCUT2D eigenvalue weighted by Gasteiger charge is -2.15. The van der Waals surface area contributed by atoms with Gasteiger partial charge in [0, 0.05) is 27.6 Å². The smallest absolute Gasteiger partial charge is 0.174 e. The molecule has 4 heteroatoms. The van der Waals surface area contributed by atoms with Gasteiger partial charge in [-0.3, -0.25) is 0 Å². The molecule has 0 radical (unpaired) electrons. The average Bonchev–Trinajstić information content (AvgIpc) is 3.54. The molecule has 0 spiro atoms. The average molecular weight is 656 g/mol. The van der Waals surface area contributed by atoms with Crippen LogP contribution in [0.25, 0.3) is 72.4 Å². The number of rotatable bonds is 7. The Kier molecular flexibility index (Phi) is 7.67. The van der Waals surface area contributed by atoms with E-state index < -0.39 is 0 Å². The van der Waals surface area contributed by atoms with Crippen molar-refractivity contribution in [2.75, 3.05) is 0 Å². The summed E-state index contributed by atoms with van der Waals surface area (Å²) in [4.78, 5) is 9.85. The van der Waals surface area contributed by atoms with Crippen LogP contribution in [0.4, 0.5) is 0 Å². The van der Waals surface area contributed by atoms with Gasteiger partial charge < -0.3 is 9.30 Å². The quantitative estimate of drug-likeness (QED) is 0.172. The summed E-state index contributed by atoms with van der Waals surface area (Å²) in [5, 5.41) is 2.49. The van der Waals surface area contributed by atoms with E-state index in [0.717, 1.165) is 45.1 Å². The van der Waals surface area contributed by atoms with E-state index in [1.54, 1.807) is 0 Å². The summed E-state index contributed by atoms with van der Waals surface area (Å²) in [6, 6.07) is 63.2. The van der Waals surface area contributed by atoms with Crippen molar-refractivity contribution in [3.63, 3.8) is 0 Å². The van der Waals surface area contributed by atoms with Gasteiger partial charge in [0.25, 0.3) is 0 Å². The van der Waals surface area contributed by atoms with Gasteiger partial charge in [0.15, 0.2) is 11.6 Å². The predicted octanol–water partition coefficient (Wildman–Crippen LogP) is 12.3. The Morgan fingerprint density at radius 1 is 0.471 bits per heavy atom.